The molecule has 0 unspecified atom stereocenters. The van der Waals surface area contributed by atoms with Gasteiger partial charge in [0.05, 0.1) is 14.2 Å². The van der Waals surface area contributed by atoms with Gasteiger partial charge in [0.2, 0.25) is 0 Å². The molecule has 0 aromatic rings. The average Bonchev–Trinajstić information content (AvgIpc) is 2.01. The van der Waals surface area contributed by atoms with Gasteiger partial charge < -0.3 is 0 Å². The van der Waals surface area contributed by atoms with Crippen LogP contribution in [0.1, 0.15) is 0 Å². The first-order valence-corrected chi connectivity index (χ1v) is 3.17. The predicted octanol–water partition coefficient (Wildman–Crippen LogP) is 0.237. The van der Waals surface area contributed by atoms with Gasteiger partial charge in [-0.25, -0.2) is 4.79 Å². The van der Waals surface area contributed by atoms with E-state index >= 15 is 0 Å². The molecule has 66 valence electrons. The fraction of sp³-hybridized carbons (Fsp3) is 0.833. The summed E-state index contributed by atoms with van der Waals surface area (Å²) in [5.74, 6) is 0. The molecule has 0 bridgehead atoms. The number of hydrogen-bond donors (Lipinski definition) is 0. The molecule has 0 saturated heterocycles. The average molecular weight is 163 g/mol. The van der Waals surface area contributed by atoms with Crippen LogP contribution in [-0.2, 0) is 9.68 Å². The van der Waals surface area contributed by atoms with Gasteiger partial charge in [-0.15, -0.1) is 4.65 Å². The van der Waals surface area contributed by atoms with Crippen molar-refractivity contribution in [3.63, 3.8) is 0 Å². The standard InChI is InChI=1S/C6H15N2O3/c1-7(10-4)6(9)8(2,3)11-5/h1-5H3/q+1. The van der Waals surface area contributed by atoms with Gasteiger partial charge in [-0.3, -0.25) is 4.84 Å². The third-order valence-electron chi connectivity index (χ3n) is 1.46. The maximum Gasteiger partial charge on any atom is 0.474 e. The van der Waals surface area contributed by atoms with Crippen LogP contribution >= 0.6 is 0 Å². The largest absolute Gasteiger partial charge is 0.474 e. The van der Waals surface area contributed by atoms with Gasteiger partial charge in [-0.1, -0.05) is 0 Å². The summed E-state index contributed by atoms with van der Waals surface area (Å²) in [7, 11) is 7.66. The minimum atomic E-state index is -0.269. The Balaban J connectivity index is 4.23. The Kier molecular flexibility index (Phi) is 3.44. The van der Waals surface area contributed by atoms with Crippen LogP contribution in [0.2, 0.25) is 0 Å². The lowest BCUT2D eigenvalue weighted by molar-refractivity contribution is -1.01. The van der Waals surface area contributed by atoms with Crippen LogP contribution in [0, 0.1) is 0 Å². The third kappa shape index (κ3) is 2.45. The molecule has 5 nitrogen and oxygen atoms in total. The summed E-state index contributed by atoms with van der Waals surface area (Å²) < 4.78 is -0.190. The molecule has 2 amide bonds. The summed E-state index contributed by atoms with van der Waals surface area (Å²) in [5, 5.41) is 1.11. The monoisotopic (exact) mass is 163 g/mol. The molecule has 0 rings (SSSR count). The number of hydrogen-bond acceptors (Lipinski definition) is 3. The zero-order valence-corrected chi connectivity index (χ0v) is 7.62. The number of quaternary nitrogens is 1. The van der Waals surface area contributed by atoms with Crippen LogP contribution in [0.4, 0.5) is 4.79 Å². The second-order valence-corrected chi connectivity index (χ2v) is 2.50. The fourth-order valence-corrected chi connectivity index (χ4v) is 0.495. The van der Waals surface area contributed by atoms with Crippen molar-refractivity contribution >= 4 is 6.03 Å². The van der Waals surface area contributed by atoms with Gasteiger partial charge >= 0.3 is 6.03 Å². The summed E-state index contributed by atoms with van der Waals surface area (Å²) in [6.07, 6.45) is 0. The summed E-state index contributed by atoms with van der Waals surface area (Å²) >= 11 is 0. The number of carbonyl (C=O) groups is 1. The Bertz CT molecular complexity index is 147. The van der Waals surface area contributed by atoms with E-state index in [0.29, 0.717) is 0 Å². The van der Waals surface area contributed by atoms with Gasteiger partial charge in [0.15, 0.2) is 0 Å². The topological polar surface area (TPSA) is 38.8 Å². The summed E-state index contributed by atoms with van der Waals surface area (Å²) in [6.45, 7) is 0. The van der Waals surface area contributed by atoms with E-state index in [2.05, 4.69) is 4.84 Å². The third-order valence-corrected chi connectivity index (χ3v) is 1.46. The Labute approximate surface area is 66.6 Å². The molecular weight excluding hydrogens is 148 g/mol. The van der Waals surface area contributed by atoms with Crippen LogP contribution in [0.15, 0.2) is 0 Å². The first kappa shape index (κ1) is 10.3. The van der Waals surface area contributed by atoms with E-state index in [9.17, 15) is 4.79 Å². The second-order valence-electron chi connectivity index (χ2n) is 2.50. The van der Waals surface area contributed by atoms with Gasteiger partial charge in [-0.2, -0.15) is 9.90 Å². The molecule has 0 radical (unpaired) electrons. The van der Waals surface area contributed by atoms with Crippen molar-refractivity contribution in [2.75, 3.05) is 35.4 Å². The van der Waals surface area contributed by atoms with Crippen molar-refractivity contribution < 1.29 is 19.1 Å². The lowest BCUT2D eigenvalue weighted by Crippen LogP contribution is -2.50. The molecule has 0 spiro atoms. The molecule has 0 aromatic carbocycles. The highest BCUT2D eigenvalue weighted by atomic mass is 16.7. The molecule has 5 heteroatoms. The Hall–Kier alpha value is -0.650. The molecule has 0 saturated carbocycles. The SMILES string of the molecule is CON(C)C(=O)[N+](C)(C)OC. The van der Waals surface area contributed by atoms with E-state index in [1.54, 1.807) is 14.1 Å². The molecule has 0 fully saturated rings. The number of urea groups is 1. The number of nitrogens with zero attached hydrogens (tertiary/aromatic N) is 2. The van der Waals surface area contributed by atoms with Gasteiger partial charge in [0, 0.05) is 7.05 Å². The first-order valence-electron chi connectivity index (χ1n) is 3.17. The summed E-state index contributed by atoms with van der Waals surface area (Å²) in [4.78, 5) is 20.9. The molecule has 0 aliphatic carbocycles. The van der Waals surface area contributed by atoms with Crippen LogP contribution in [0.5, 0.6) is 0 Å². The van der Waals surface area contributed by atoms with E-state index in [1.165, 1.54) is 21.3 Å². The molecule has 0 aromatic heterocycles. The maximum absolute atomic E-state index is 11.3. The lowest BCUT2D eigenvalue weighted by Gasteiger charge is -2.25. The van der Waals surface area contributed by atoms with Gasteiger partial charge in [0.25, 0.3) is 0 Å². The predicted molar refractivity (Wildman–Crippen MR) is 39.3 cm³/mol. The normalized spacial score (nSPS) is 11.4. The van der Waals surface area contributed by atoms with Crippen molar-refractivity contribution in [3.8, 4) is 0 Å². The molecule has 11 heavy (non-hydrogen) atoms. The minimum Gasteiger partial charge on any atom is -0.270 e. The van der Waals surface area contributed by atoms with Crippen molar-refractivity contribution in [2.24, 2.45) is 0 Å². The molecule has 0 aliphatic rings. The zero-order chi connectivity index (χ0) is 9.07. The van der Waals surface area contributed by atoms with E-state index in [1.807, 2.05) is 0 Å². The highest BCUT2D eigenvalue weighted by Gasteiger charge is 2.31. The highest BCUT2D eigenvalue weighted by Crippen LogP contribution is 2.02. The quantitative estimate of drug-likeness (QED) is 0.432. The molecule has 0 atom stereocenters. The number of rotatable bonds is 2. The number of carbonyl (C=O) groups excluding carboxylic acids is 1. The van der Waals surface area contributed by atoms with Crippen LogP contribution < -0.4 is 0 Å². The lowest BCUT2D eigenvalue weighted by atomic mass is 10.8. The molecular formula is C6H15N2O3+. The smallest absolute Gasteiger partial charge is 0.270 e. The minimum absolute atomic E-state index is 0.190. The second kappa shape index (κ2) is 3.66. The molecule has 0 aliphatic heterocycles. The first-order chi connectivity index (χ1) is 4.95. The van der Waals surface area contributed by atoms with Crippen molar-refractivity contribution in [1.82, 2.24) is 5.06 Å². The number of amides is 2. The van der Waals surface area contributed by atoms with E-state index in [-0.39, 0.29) is 10.7 Å². The molecule has 0 heterocycles. The van der Waals surface area contributed by atoms with Crippen LogP contribution in [-0.4, -0.2) is 51.1 Å². The van der Waals surface area contributed by atoms with Crippen molar-refractivity contribution in [1.29, 1.82) is 0 Å². The van der Waals surface area contributed by atoms with E-state index in [0.717, 1.165) is 5.06 Å². The van der Waals surface area contributed by atoms with Crippen molar-refractivity contribution in [3.05, 3.63) is 0 Å². The highest BCUT2D eigenvalue weighted by molar-refractivity contribution is 5.64. The zero-order valence-electron chi connectivity index (χ0n) is 7.62. The summed E-state index contributed by atoms with van der Waals surface area (Å²) in [6, 6.07) is -0.269. The fourth-order valence-electron chi connectivity index (χ4n) is 0.495. The summed E-state index contributed by atoms with van der Waals surface area (Å²) in [5.41, 5.74) is 0. The van der Waals surface area contributed by atoms with Crippen LogP contribution in [0.25, 0.3) is 0 Å². The number of hydroxylamine groups is 5. The maximum atomic E-state index is 11.3. The van der Waals surface area contributed by atoms with Gasteiger partial charge in [-0.05, 0) is 0 Å². The molecule has 0 N–H and O–H groups in total. The Morgan fingerprint density at radius 2 is 1.82 bits per heavy atom. The van der Waals surface area contributed by atoms with E-state index in [4.69, 9.17) is 4.84 Å². The van der Waals surface area contributed by atoms with Crippen LogP contribution in [0.3, 0.4) is 0 Å². The van der Waals surface area contributed by atoms with E-state index < -0.39 is 0 Å². The van der Waals surface area contributed by atoms with Crippen molar-refractivity contribution in [2.45, 2.75) is 0 Å². The van der Waals surface area contributed by atoms with Gasteiger partial charge in [0.1, 0.15) is 14.1 Å². The Morgan fingerprint density at radius 3 is 2.09 bits per heavy atom. The Morgan fingerprint density at radius 1 is 1.36 bits per heavy atom.